The van der Waals surface area contributed by atoms with Crippen molar-refractivity contribution in [2.75, 3.05) is 19.7 Å². The molecule has 6 nitrogen and oxygen atoms in total. The molecule has 1 unspecified atom stereocenters. The minimum Gasteiger partial charge on any atom is -0.465 e. The van der Waals surface area contributed by atoms with E-state index >= 15 is 0 Å². The van der Waals surface area contributed by atoms with Crippen LogP contribution < -0.4 is 0 Å². The molecule has 14 heavy (non-hydrogen) atoms. The highest BCUT2D eigenvalue weighted by molar-refractivity contribution is 5.66. The number of carboxylic acid groups (broad SMARTS) is 1. The molecular weight excluding hydrogens is 190 g/mol. The Morgan fingerprint density at radius 1 is 1.50 bits per heavy atom. The van der Waals surface area contributed by atoms with Gasteiger partial charge in [-0.3, -0.25) is 4.79 Å². The summed E-state index contributed by atoms with van der Waals surface area (Å²) in [6.07, 6.45) is -1.81. The van der Waals surface area contributed by atoms with Gasteiger partial charge in [-0.25, -0.2) is 4.79 Å². The maximum Gasteiger partial charge on any atom is 0.407 e. The summed E-state index contributed by atoms with van der Waals surface area (Å²) < 4.78 is 4.71. The van der Waals surface area contributed by atoms with Crippen LogP contribution in [0.25, 0.3) is 0 Å². The van der Waals surface area contributed by atoms with Crippen molar-refractivity contribution in [1.29, 1.82) is 0 Å². The summed E-state index contributed by atoms with van der Waals surface area (Å²) in [7, 11) is 0. The van der Waals surface area contributed by atoms with Crippen molar-refractivity contribution in [3.8, 4) is 0 Å². The highest BCUT2D eigenvalue weighted by atomic mass is 16.5. The highest BCUT2D eigenvalue weighted by Crippen LogP contribution is 2.17. The summed E-state index contributed by atoms with van der Waals surface area (Å²) in [5.41, 5.74) is 0. The van der Waals surface area contributed by atoms with Gasteiger partial charge in [-0.05, 0) is 0 Å². The number of aliphatic hydroxyl groups is 1. The number of ether oxygens (including phenoxy) is 1. The van der Waals surface area contributed by atoms with Gasteiger partial charge >= 0.3 is 12.1 Å². The molecule has 0 aromatic carbocycles. The number of carbonyl (C=O) groups is 2. The van der Waals surface area contributed by atoms with E-state index in [-0.39, 0.29) is 25.6 Å². The third kappa shape index (κ3) is 2.59. The molecule has 1 fully saturated rings. The summed E-state index contributed by atoms with van der Waals surface area (Å²) >= 11 is 0. The van der Waals surface area contributed by atoms with Crippen molar-refractivity contribution in [1.82, 2.24) is 4.90 Å². The standard InChI is InChI=1S/C8H13NO5/c1-5(10)14-4-6-2-9(8(12)13)3-7(6)11/h6-7,11H,2-4H2,1H3,(H,12,13)/t6-,7?/m0/s1. The first-order valence-corrected chi connectivity index (χ1v) is 4.30. The van der Waals surface area contributed by atoms with Crippen LogP contribution in [-0.4, -0.2) is 53.0 Å². The number of likely N-dealkylation sites (tertiary alicyclic amines) is 1. The SMILES string of the molecule is CC(=O)OC[C@@H]1CN(C(=O)O)CC1O. The first kappa shape index (κ1) is 10.8. The van der Waals surface area contributed by atoms with E-state index in [0.717, 1.165) is 4.90 Å². The minimum absolute atomic E-state index is 0.0697. The van der Waals surface area contributed by atoms with Crippen LogP contribution in [0, 0.1) is 5.92 Å². The largest absolute Gasteiger partial charge is 0.465 e. The number of amides is 1. The third-order valence-corrected chi connectivity index (χ3v) is 2.18. The molecule has 80 valence electrons. The number of hydrogen-bond acceptors (Lipinski definition) is 4. The Kier molecular flexibility index (Phi) is 3.29. The van der Waals surface area contributed by atoms with Crippen LogP contribution in [-0.2, 0) is 9.53 Å². The van der Waals surface area contributed by atoms with Crippen LogP contribution >= 0.6 is 0 Å². The molecule has 0 spiro atoms. The second-order valence-electron chi connectivity index (χ2n) is 3.32. The number of nitrogens with zero attached hydrogens (tertiary/aromatic N) is 1. The Morgan fingerprint density at radius 2 is 2.14 bits per heavy atom. The van der Waals surface area contributed by atoms with Crippen molar-refractivity contribution < 1.29 is 24.5 Å². The van der Waals surface area contributed by atoms with Gasteiger partial charge in [0.05, 0.1) is 19.3 Å². The second kappa shape index (κ2) is 4.28. The molecule has 2 atom stereocenters. The quantitative estimate of drug-likeness (QED) is 0.592. The fourth-order valence-corrected chi connectivity index (χ4v) is 1.40. The van der Waals surface area contributed by atoms with Crippen LogP contribution in [0.4, 0.5) is 4.79 Å². The zero-order chi connectivity index (χ0) is 10.7. The number of β-amino-alcohol motifs (C(OH)–C–C–N with tert-alkyl or cyclic N) is 1. The van der Waals surface area contributed by atoms with Gasteiger partial charge in [0.25, 0.3) is 0 Å². The maximum atomic E-state index is 10.5. The molecule has 1 saturated heterocycles. The summed E-state index contributed by atoms with van der Waals surface area (Å²) in [5.74, 6) is -0.735. The molecule has 1 amide bonds. The Bertz CT molecular complexity index is 242. The number of carbonyl (C=O) groups excluding carboxylic acids is 1. The van der Waals surface area contributed by atoms with Gasteiger partial charge in [0, 0.05) is 19.4 Å². The average molecular weight is 203 g/mol. The number of hydrogen-bond donors (Lipinski definition) is 2. The summed E-state index contributed by atoms with van der Waals surface area (Å²) in [6.45, 7) is 1.64. The zero-order valence-corrected chi connectivity index (χ0v) is 7.84. The van der Waals surface area contributed by atoms with Crippen LogP contribution in [0.2, 0.25) is 0 Å². The third-order valence-electron chi connectivity index (χ3n) is 2.18. The molecule has 6 heteroatoms. The molecule has 0 saturated carbocycles. The smallest absolute Gasteiger partial charge is 0.407 e. The van der Waals surface area contributed by atoms with Gasteiger partial charge < -0.3 is 19.8 Å². The zero-order valence-electron chi connectivity index (χ0n) is 7.84. The van der Waals surface area contributed by atoms with Gasteiger partial charge in [0.15, 0.2) is 0 Å². The van der Waals surface area contributed by atoms with Crippen molar-refractivity contribution in [2.45, 2.75) is 13.0 Å². The number of rotatable bonds is 2. The highest BCUT2D eigenvalue weighted by Gasteiger charge is 2.34. The normalized spacial score (nSPS) is 26.3. The molecule has 0 bridgehead atoms. The predicted octanol–water partition coefficient (Wildman–Crippen LogP) is -0.480. The topological polar surface area (TPSA) is 87.1 Å². The van der Waals surface area contributed by atoms with E-state index < -0.39 is 18.2 Å². The first-order valence-electron chi connectivity index (χ1n) is 4.30. The fourth-order valence-electron chi connectivity index (χ4n) is 1.40. The molecule has 1 aliphatic heterocycles. The van der Waals surface area contributed by atoms with Gasteiger partial charge in [0.2, 0.25) is 0 Å². The molecule has 0 aliphatic carbocycles. The molecule has 1 heterocycles. The lowest BCUT2D eigenvalue weighted by molar-refractivity contribution is -0.142. The lowest BCUT2D eigenvalue weighted by atomic mass is 10.1. The summed E-state index contributed by atoms with van der Waals surface area (Å²) in [6, 6.07) is 0. The van der Waals surface area contributed by atoms with E-state index in [9.17, 15) is 14.7 Å². The molecule has 1 aliphatic rings. The van der Waals surface area contributed by atoms with Gasteiger partial charge in [-0.1, -0.05) is 0 Å². The van der Waals surface area contributed by atoms with Crippen molar-refractivity contribution in [3.05, 3.63) is 0 Å². The Hall–Kier alpha value is -1.30. The molecular formula is C8H13NO5. The fraction of sp³-hybridized carbons (Fsp3) is 0.750. The molecule has 1 rings (SSSR count). The summed E-state index contributed by atoms with van der Waals surface area (Å²) in [4.78, 5) is 22.1. The van der Waals surface area contributed by atoms with E-state index in [1.165, 1.54) is 6.92 Å². The minimum atomic E-state index is -1.06. The summed E-state index contributed by atoms with van der Waals surface area (Å²) in [5, 5.41) is 18.1. The van der Waals surface area contributed by atoms with E-state index in [1.807, 2.05) is 0 Å². The first-order chi connectivity index (χ1) is 6.50. The van der Waals surface area contributed by atoms with Gasteiger partial charge in [0.1, 0.15) is 0 Å². The van der Waals surface area contributed by atoms with Crippen LogP contribution in [0.5, 0.6) is 0 Å². The number of aliphatic hydroxyl groups excluding tert-OH is 1. The lowest BCUT2D eigenvalue weighted by Gasteiger charge is -2.12. The Balaban J connectivity index is 2.40. The van der Waals surface area contributed by atoms with Gasteiger partial charge in [-0.2, -0.15) is 0 Å². The lowest BCUT2D eigenvalue weighted by Crippen LogP contribution is -2.27. The Labute approximate surface area is 81.1 Å². The van der Waals surface area contributed by atoms with Crippen LogP contribution in [0.1, 0.15) is 6.92 Å². The van der Waals surface area contributed by atoms with Crippen molar-refractivity contribution in [3.63, 3.8) is 0 Å². The van der Waals surface area contributed by atoms with E-state index in [2.05, 4.69) is 0 Å². The van der Waals surface area contributed by atoms with Crippen molar-refractivity contribution >= 4 is 12.1 Å². The monoisotopic (exact) mass is 203 g/mol. The number of esters is 1. The average Bonchev–Trinajstić information content (AvgIpc) is 2.43. The van der Waals surface area contributed by atoms with Crippen molar-refractivity contribution in [2.24, 2.45) is 5.92 Å². The van der Waals surface area contributed by atoms with E-state index in [0.29, 0.717) is 0 Å². The van der Waals surface area contributed by atoms with Gasteiger partial charge in [-0.15, -0.1) is 0 Å². The molecule has 0 radical (unpaired) electrons. The van der Waals surface area contributed by atoms with Crippen LogP contribution in [0.3, 0.4) is 0 Å². The maximum absolute atomic E-state index is 10.5. The Morgan fingerprint density at radius 3 is 2.57 bits per heavy atom. The second-order valence-corrected chi connectivity index (χ2v) is 3.32. The van der Waals surface area contributed by atoms with E-state index in [1.54, 1.807) is 0 Å². The molecule has 0 aromatic heterocycles. The van der Waals surface area contributed by atoms with Crippen LogP contribution in [0.15, 0.2) is 0 Å². The predicted molar refractivity (Wildman–Crippen MR) is 45.7 cm³/mol. The van der Waals surface area contributed by atoms with E-state index in [4.69, 9.17) is 9.84 Å². The molecule has 0 aromatic rings. The molecule has 2 N–H and O–H groups in total.